The Morgan fingerprint density at radius 1 is 1.17 bits per heavy atom. The first kappa shape index (κ1) is 15.7. The second kappa shape index (κ2) is 7.39. The van der Waals surface area contributed by atoms with E-state index >= 15 is 0 Å². The van der Waals surface area contributed by atoms with Crippen LogP contribution in [0.4, 0.5) is 9.52 Å². The van der Waals surface area contributed by atoms with E-state index in [-0.39, 0.29) is 11.7 Å². The molecule has 0 bridgehead atoms. The van der Waals surface area contributed by atoms with Crippen LogP contribution in [-0.2, 0) is 4.79 Å². The van der Waals surface area contributed by atoms with Crippen molar-refractivity contribution < 1.29 is 9.18 Å². The fourth-order valence-electron chi connectivity index (χ4n) is 1.93. The maximum atomic E-state index is 13.2. The summed E-state index contributed by atoms with van der Waals surface area (Å²) in [5.74, 6) is -0.0989. The first-order valence-electron chi connectivity index (χ1n) is 6.90. The summed E-state index contributed by atoms with van der Waals surface area (Å²) in [7, 11) is 0. The quantitative estimate of drug-likeness (QED) is 0.683. The highest BCUT2D eigenvalue weighted by atomic mass is 32.2. The van der Waals surface area contributed by atoms with Gasteiger partial charge in [0.2, 0.25) is 5.91 Å². The smallest absolute Gasteiger partial charge is 0.236 e. The number of hydrogen-bond donors (Lipinski definition) is 1. The molecule has 0 atom stereocenters. The third-order valence-corrected chi connectivity index (χ3v) is 4.75. The lowest BCUT2D eigenvalue weighted by atomic mass is 10.2. The van der Waals surface area contributed by atoms with Crippen LogP contribution in [0.3, 0.4) is 0 Å². The van der Waals surface area contributed by atoms with Gasteiger partial charge in [0.25, 0.3) is 0 Å². The average Bonchev–Trinajstić information content (AvgIpc) is 3.02. The van der Waals surface area contributed by atoms with Gasteiger partial charge in [0, 0.05) is 15.8 Å². The molecule has 0 saturated heterocycles. The van der Waals surface area contributed by atoms with Gasteiger partial charge in [-0.2, -0.15) is 0 Å². The van der Waals surface area contributed by atoms with Crippen molar-refractivity contribution in [3.05, 3.63) is 65.8 Å². The Hall–Kier alpha value is -2.18. The van der Waals surface area contributed by atoms with Gasteiger partial charge >= 0.3 is 0 Å². The van der Waals surface area contributed by atoms with Crippen LogP contribution in [0.25, 0.3) is 11.3 Å². The van der Waals surface area contributed by atoms with Gasteiger partial charge in [-0.05, 0) is 24.3 Å². The predicted octanol–water partition coefficient (Wildman–Crippen LogP) is 4.68. The number of carbonyl (C=O) groups is 1. The van der Waals surface area contributed by atoms with E-state index in [0.717, 1.165) is 4.90 Å². The maximum absolute atomic E-state index is 13.2. The van der Waals surface area contributed by atoms with Crippen molar-refractivity contribution in [2.24, 2.45) is 0 Å². The molecule has 0 aliphatic carbocycles. The summed E-state index contributed by atoms with van der Waals surface area (Å²) in [6.45, 7) is 0. The van der Waals surface area contributed by atoms with Crippen LogP contribution in [0.2, 0.25) is 0 Å². The van der Waals surface area contributed by atoms with Crippen LogP contribution in [0.5, 0.6) is 0 Å². The maximum Gasteiger partial charge on any atom is 0.236 e. The number of anilines is 1. The molecule has 0 saturated carbocycles. The molecule has 2 aromatic carbocycles. The highest BCUT2D eigenvalue weighted by molar-refractivity contribution is 8.00. The Morgan fingerprint density at radius 3 is 2.78 bits per heavy atom. The molecule has 116 valence electrons. The molecule has 23 heavy (non-hydrogen) atoms. The third-order valence-electron chi connectivity index (χ3n) is 2.98. The minimum atomic E-state index is -0.305. The van der Waals surface area contributed by atoms with Crippen molar-refractivity contribution in [3.8, 4) is 11.3 Å². The monoisotopic (exact) mass is 344 g/mol. The highest BCUT2D eigenvalue weighted by Crippen LogP contribution is 2.25. The van der Waals surface area contributed by atoms with E-state index in [1.807, 2.05) is 30.3 Å². The van der Waals surface area contributed by atoms with E-state index in [1.165, 1.54) is 35.2 Å². The van der Waals surface area contributed by atoms with Crippen molar-refractivity contribution >= 4 is 34.1 Å². The zero-order valence-corrected chi connectivity index (χ0v) is 13.7. The number of nitrogens with one attached hydrogen (secondary N) is 1. The molecule has 0 aliphatic rings. The first-order chi connectivity index (χ1) is 11.2. The summed E-state index contributed by atoms with van der Waals surface area (Å²) in [5.41, 5.74) is 1.35. The molecular formula is C17H13FN2OS2. The predicted molar refractivity (Wildman–Crippen MR) is 93.3 cm³/mol. The lowest BCUT2D eigenvalue weighted by molar-refractivity contribution is -0.113. The zero-order valence-electron chi connectivity index (χ0n) is 12.0. The highest BCUT2D eigenvalue weighted by Gasteiger charge is 2.09. The molecule has 3 rings (SSSR count). The summed E-state index contributed by atoms with van der Waals surface area (Å²) >= 11 is 2.79. The Kier molecular flexibility index (Phi) is 5.05. The second-order valence-electron chi connectivity index (χ2n) is 4.70. The van der Waals surface area contributed by atoms with E-state index in [4.69, 9.17) is 0 Å². The Morgan fingerprint density at radius 2 is 2.00 bits per heavy atom. The van der Waals surface area contributed by atoms with Gasteiger partial charge in [0.1, 0.15) is 5.82 Å². The summed E-state index contributed by atoms with van der Waals surface area (Å²) in [6, 6.07) is 16.0. The number of aromatic nitrogens is 1. The van der Waals surface area contributed by atoms with Gasteiger partial charge < -0.3 is 5.32 Å². The van der Waals surface area contributed by atoms with Gasteiger partial charge in [0.05, 0.1) is 11.4 Å². The molecule has 1 amide bonds. The summed E-state index contributed by atoms with van der Waals surface area (Å²) in [5, 5.41) is 5.09. The van der Waals surface area contributed by atoms with E-state index in [2.05, 4.69) is 10.3 Å². The number of halogens is 1. The van der Waals surface area contributed by atoms with Crippen molar-refractivity contribution in [2.45, 2.75) is 4.90 Å². The van der Waals surface area contributed by atoms with Crippen LogP contribution in [-0.4, -0.2) is 16.6 Å². The Balaban J connectivity index is 1.59. The fourth-order valence-corrected chi connectivity index (χ4v) is 3.39. The molecule has 0 fully saturated rings. The number of hydrogen-bond acceptors (Lipinski definition) is 4. The molecule has 1 aromatic heterocycles. The number of benzene rings is 2. The van der Waals surface area contributed by atoms with Gasteiger partial charge in [-0.3, -0.25) is 4.79 Å². The number of carbonyl (C=O) groups excluding carboxylic acids is 1. The summed E-state index contributed by atoms with van der Waals surface area (Å²) in [4.78, 5) is 17.3. The van der Waals surface area contributed by atoms with E-state index in [0.29, 0.717) is 22.1 Å². The Labute approximate surface area is 141 Å². The van der Waals surface area contributed by atoms with Crippen molar-refractivity contribution in [3.63, 3.8) is 0 Å². The molecule has 6 heteroatoms. The number of rotatable bonds is 5. The molecule has 0 aliphatic heterocycles. The number of thioether (sulfide) groups is 1. The molecule has 1 N–H and O–H groups in total. The normalized spacial score (nSPS) is 10.5. The fraction of sp³-hybridized carbons (Fsp3) is 0.0588. The van der Waals surface area contributed by atoms with Crippen LogP contribution in [0.1, 0.15) is 0 Å². The third kappa shape index (κ3) is 4.40. The lowest BCUT2D eigenvalue weighted by Crippen LogP contribution is -2.13. The SMILES string of the molecule is O=C(CSc1ccccc1)Nc1nc(-c2cccc(F)c2)cs1. The van der Waals surface area contributed by atoms with E-state index in [1.54, 1.807) is 17.5 Å². The molecular weight excluding hydrogens is 331 g/mol. The minimum absolute atomic E-state index is 0.112. The van der Waals surface area contributed by atoms with E-state index in [9.17, 15) is 9.18 Å². The van der Waals surface area contributed by atoms with Gasteiger partial charge in [-0.25, -0.2) is 9.37 Å². The molecule has 0 spiro atoms. The van der Waals surface area contributed by atoms with Crippen LogP contribution >= 0.6 is 23.1 Å². The molecule has 3 aromatic rings. The van der Waals surface area contributed by atoms with Gasteiger partial charge in [-0.1, -0.05) is 30.3 Å². The molecule has 0 radical (unpaired) electrons. The van der Waals surface area contributed by atoms with Crippen LogP contribution in [0.15, 0.2) is 64.9 Å². The first-order valence-corrected chi connectivity index (χ1v) is 8.76. The van der Waals surface area contributed by atoms with Crippen LogP contribution in [0, 0.1) is 5.82 Å². The summed E-state index contributed by atoms with van der Waals surface area (Å²) < 4.78 is 13.2. The summed E-state index contributed by atoms with van der Waals surface area (Å²) in [6.07, 6.45) is 0. The van der Waals surface area contributed by atoms with Crippen molar-refractivity contribution in [2.75, 3.05) is 11.1 Å². The second-order valence-corrected chi connectivity index (χ2v) is 6.61. The lowest BCUT2D eigenvalue weighted by Gasteiger charge is -2.02. The average molecular weight is 344 g/mol. The van der Waals surface area contributed by atoms with E-state index < -0.39 is 0 Å². The zero-order chi connectivity index (χ0) is 16.1. The number of thiazole rings is 1. The van der Waals surface area contributed by atoms with Gasteiger partial charge in [-0.15, -0.1) is 23.1 Å². The molecule has 3 nitrogen and oxygen atoms in total. The number of amides is 1. The number of nitrogens with zero attached hydrogens (tertiary/aromatic N) is 1. The van der Waals surface area contributed by atoms with Crippen molar-refractivity contribution in [1.82, 2.24) is 4.98 Å². The largest absolute Gasteiger partial charge is 0.301 e. The standard InChI is InChI=1S/C17H13FN2OS2/c18-13-6-4-5-12(9-13)15-10-23-17(19-15)20-16(21)11-22-14-7-2-1-3-8-14/h1-10H,11H2,(H,19,20,21). The minimum Gasteiger partial charge on any atom is -0.301 e. The van der Waals surface area contributed by atoms with Gasteiger partial charge in [0.15, 0.2) is 5.13 Å². The topological polar surface area (TPSA) is 42.0 Å². The van der Waals surface area contributed by atoms with Crippen molar-refractivity contribution in [1.29, 1.82) is 0 Å². The molecule has 0 unspecified atom stereocenters. The molecule has 1 heterocycles. The Bertz CT molecular complexity index is 805. The van der Waals surface area contributed by atoms with Crippen LogP contribution < -0.4 is 5.32 Å².